The molecule has 0 aliphatic heterocycles. The quantitative estimate of drug-likeness (QED) is 0.470. The van der Waals surface area contributed by atoms with Gasteiger partial charge in [-0.2, -0.15) is 0 Å². The number of hydrogen-bond acceptors (Lipinski definition) is 6. The summed E-state index contributed by atoms with van der Waals surface area (Å²) in [4.78, 5) is 36.4. The van der Waals surface area contributed by atoms with E-state index in [0.717, 1.165) is 36.1 Å². The number of rotatable bonds is 5. The summed E-state index contributed by atoms with van der Waals surface area (Å²) in [6.45, 7) is 2.15. The molecule has 142 valence electrons. The maximum atomic E-state index is 12.6. The van der Waals surface area contributed by atoms with E-state index in [1.165, 1.54) is 42.7 Å². The largest absolute Gasteiger partial charge is 0.465 e. The Labute approximate surface area is 160 Å². The lowest BCUT2D eigenvalue weighted by molar-refractivity contribution is -0.384. The van der Waals surface area contributed by atoms with Crippen molar-refractivity contribution in [1.29, 1.82) is 0 Å². The molecule has 1 atom stereocenters. The minimum absolute atomic E-state index is 0.160. The highest BCUT2D eigenvalue weighted by Gasteiger charge is 2.29. The van der Waals surface area contributed by atoms with Crippen LogP contribution in [0.25, 0.3) is 0 Å². The second-order valence-electron chi connectivity index (χ2n) is 6.48. The third-order valence-corrected chi connectivity index (χ3v) is 6.05. The number of anilines is 1. The molecule has 0 spiro atoms. The van der Waals surface area contributed by atoms with Crippen molar-refractivity contribution in [3.8, 4) is 0 Å². The van der Waals surface area contributed by atoms with Gasteiger partial charge in [-0.1, -0.05) is 19.4 Å². The molecule has 7 nitrogen and oxygen atoms in total. The molecule has 8 heteroatoms. The summed E-state index contributed by atoms with van der Waals surface area (Å²) in [5.74, 6) is -0.395. The molecule has 1 amide bonds. The summed E-state index contributed by atoms with van der Waals surface area (Å²) in [7, 11) is 1.32. The molecule has 1 N–H and O–H groups in total. The van der Waals surface area contributed by atoms with E-state index in [4.69, 9.17) is 4.74 Å². The fourth-order valence-electron chi connectivity index (χ4n) is 3.34. The Kier molecular flexibility index (Phi) is 5.55. The van der Waals surface area contributed by atoms with Gasteiger partial charge in [0.2, 0.25) is 0 Å². The highest BCUT2D eigenvalue weighted by Crippen LogP contribution is 2.41. The summed E-state index contributed by atoms with van der Waals surface area (Å²) >= 11 is 1.39. The zero-order valence-electron chi connectivity index (χ0n) is 15.1. The highest BCUT2D eigenvalue weighted by molar-refractivity contribution is 7.17. The van der Waals surface area contributed by atoms with Gasteiger partial charge in [-0.05, 0) is 36.8 Å². The van der Waals surface area contributed by atoms with E-state index >= 15 is 0 Å². The Morgan fingerprint density at radius 3 is 2.85 bits per heavy atom. The number of amides is 1. The number of non-ortho nitro benzene ring substituents is 1. The predicted molar refractivity (Wildman–Crippen MR) is 103 cm³/mol. The van der Waals surface area contributed by atoms with E-state index in [-0.39, 0.29) is 11.3 Å². The van der Waals surface area contributed by atoms with Crippen LogP contribution in [0, 0.1) is 16.0 Å². The number of nitro benzene ring substituents is 1. The Morgan fingerprint density at radius 2 is 2.19 bits per heavy atom. The molecule has 0 saturated carbocycles. The van der Waals surface area contributed by atoms with Gasteiger partial charge < -0.3 is 10.1 Å². The molecule has 1 aliphatic rings. The van der Waals surface area contributed by atoms with Gasteiger partial charge in [0.25, 0.3) is 11.6 Å². The molecule has 0 saturated heterocycles. The van der Waals surface area contributed by atoms with Crippen molar-refractivity contribution in [3.63, 3.8) is 0 Å². The standard InChI is InChI=1S/C19H20N2O5S/c1-3-11-7-8-14-15(9-11)27-18(16(14)19(23)26-2)20-17(22)12-5-4-6-13(10-12)21(24)25/h4-6,10-11H,3,7-9H2,1-2H3,(H,20,22). The number of thiophene rings is 1. The molecule has 3 rings (SSSR count). The molecule has 27 heavy (non-hydrogen) atoms. The lowest BCUT2D eigenvalue weighted by Gasteiger charge is -2.20. The van der Waals surface area contributed by atoms with Crippen molar-refractivity contribution in [3.05, 3.63) is 55.9 Å². The van der Waals surface area contributed by atoms with Crippen LogP contribution < -0.4 is 5.32 Å². The Bertz CT molecular complexity index is 906. The molecule has 1 unspecified atom stereocenters. The van der Waals surface area contributed by atoms with Crippen molar-refractivity contribution < 1.29 is 19.2 Å². The van der Waals surface area contributed by atoms with Crippen molar-refractivity contribution in [2.75, 3.05) is 12.4 Å². The van der Waals surface area contributed by atoms with Crippen LogP contribution in [-0.2, 0) is 17.6 Å². The van der Waals surface area contributed by atoms with Gasteiger partial charge in [0.05, 0.1) is 17.6 Å². The Balaban J connectivity index is 1.93. The van der Waals surface area contributed by atoms with Crippen LogP contribution in [0.4, 0.5) is 10.7 Å². The third-order valence-electron chi connectivity index (χ3n) is 4.88. The van der Waals surface area contributed by atoms with Crippen molar-refractivity contribution in [1.82, 2.24) is 0 Å². The molecule has 1 heterocycles. The number of nitrogens with zero attached hydrogens (tertiary/aromatic N) is 1. The first-order valence-electron chi connectivity index (χ1n) is 8.73. The molecule has 1 aromatic heterocycles. The van der Waals surface area contributed by atoms with Crippen LogP contribution in [0.3, 0.4) is 0 Å². The van der Waals surface area contributed by atoms with Gasteiger partial charge in [-0.25, -0.2) is 4.79 Å². The normalized spacial score (nSPS) is 15.7. The van der Waals surface area contributed by atoms with Crippen LogP contribution in [-0.4, -0.2) is 23.9 Å². The summed E-state index contributed by atoms with van der Waals surface area (Å²) < 4.78 is 4.92. The lowest BCUT2D eigenvalue weighted by Crippen LogP contribution is -2.16. The number of benzene rings is 1. The van der Waals surface area contributed by atoms with Crippen LogP contribution in [0.15, 0.2) is 24.3 Å². The van der Waals surface area contributed by atoms with E-state index < -0.39 is 16.8 Å². The second-order valence-corrected chi connectivity index (χ2v) is 7.58. The topological polar surface area (TPSA) is 98.5 Å². The Hall–Kier alpha value is -2.74. The van der Waals surface area contributed by atoms with E-state index in [1.54, 1.807) is 0 Å². The van der Waals surface area contributed by atoms with Gasteiger partial charge in [0, 0.05) is 22.6 Å². The monoisotopic (exact) mass is 388 g/mol. The third kappa shape index (κ3) is 3.85. The summed E-state index contributed by atoms with van der Waals surface area (Å²) in [6.07, 6.45) is 3.73. The number of carbonyl (C=O) groups is 2. The summed E-state index contributed by atoms with van der Waals surface area (Å²) in [6, 6.07) is 5.50. The second kappa shape index (κ2) is 7.87. The lowest BCUT2D eigenvalue weighted by atomic mass is 9.85. The fourth-order valence-corrected chi connectivity index (χ4v) is 4.69. The number of carbonyl (C=O) groups excluding carboxylic acids is 2. The SMILES string of the molecule is CCC1CCc2c(sc(NC(=O)c3cccc([N+](=O)[O-])c3)c2C(=O)OC)C1. The zero-order chi connectivity index (χ0) is 19.6. The van der Waals surface area contributed by atoms with Crippen molar-refractivity contribution >= 4 is 33.9 Å². The van der Waals surface area contributed by atoms with E-state index in [2.05, 4.69) is 12.2 Å². The van der Waals surface area contributed by atoms with E-state index in [0.29, 0.717) is 16.5 Å². The maximum Gasteiger partial charge on any atom is 0.341 e. The Morgan fingerprint density at radius 1 is 1.41 bits per heavy atom. The van der Waals surface area contributed by atoms with Gasteiger partial charge in [-0.15, -0.1) is 11.3 Å². The highest BCUT2D eigenvalue weighted by atomic mass is 32.1. The van der Waals surface area contributed by atoms with Crippen molar-refractivity contribution in [2.45, 2.75) is 32.6 Å². The van der Waals surface area contributed by atoms with Crippen LogP contribution in [0.5, 0.6) is 0 Å². The predicted octanol–water partition coefficient (Wildman–Crippen LogP) is 4.21. The summed E-state index contributed by atoms with van der Waals surface area (Å²) in [5.41, 5.74) is 1.36. The van der Waals surface area contributed by atoms with Gasteiger partial charge in [-0.3, -0.25) is 14.9 Å². The van der Waals surface area contributed by atoms with Crippen molar-refractivity contribution in [2.24, 2.45) is 5.92 Å². The molecular weight excluding hydrogens is 368 g/mol. The van der Waals surface area contributed by atoms with Crippen LogP contribution >= 0.6 is 11.3 Å². The summed E-state index contributed by atoms with van der Waals surface area (Å²) in [5, 5.41) is 14.1. The average molecular weight is 388 g/mol. The van der Waals surface area contributed by atoms with Gasteiger partial charge >= 0.3 is 5.97 Å². The van der Waals surface area contributed by atoms with Crippen LogP contribution in [0.1, 0.15) is 50.9 Å². The molecular formula is C19H20N2O5S. The number of hydrogen-bond donors (Lipinski definition) is 1. The van der Waals surface area contributed by atoms with Crippen LogP contribution in [0.2, 0.25) is 0 Å². The minimum atomic E-state index is -0.550. The number of ether oxygens (including phenoxy) is 1. The first-order valence-corrected chi connectivity index (χ1v) is 9.54. The molecule has 1 aromatic carbocycles. The van der Waals surface area contributed by atoms with E-state index in [1.807, 2.05) is 0 Å². The molecule has 0 radical (unpaired) electrons. The fraction of sp³-hybridized carbons (Fsp3) is 0.368. The minimum Gasteiger partial charge on any atom is -0.465 e. The molecule has 1 aliphatic carbocycles. The number of fused-ring (bicyclic) bond motifs is 1. The molecule has 2 aromatic rings. The zero-order valence-corrected chi connectivity index (χ0v) is 15.9. The van der Waals surface area contributed by atoms with Gasteiger partial charge in [0.1, 0.15) is 5.00 Å². The smallest absolute Gasteiger partial charge is 0.341 e. The maximum absolute atomic E-state index is 12.6. The van der Waals surface area contributed by atoms with E-state index in [9.17, 15) is 19.7 Å². The number of nitrogens with one attached hydrogen (secondary N) is 1. The molecule has 0 bridgehead atoms. The average Bonchev–Trinajstić information content (AvgIpc) is 3.04. The first kappa shape index (κ1) is 19.0. The molecule has 0 fully saturated rings. The number of methoxy groups -OCH3 is 1. The number of esters is 1. The number of nitro groups is 1. The first-order chi connectivity index (χ1) is 12.9. The van der Waals surface area contributed by atoms with Gasteiger partial charge in [0.15, 0.2) is 0 Å².